The molecule has 84 valence electrons. The number of hydrogen-bond donors (Lipinski definition) is 1. The Morgan fingerprint density at radius 2 is 1.81 bits per heavy atom. The largest absolute Gasteiger partial charge is 0.477 e. The monoisotopic (exact) mass is 235 g/mol. The van der Waals surface area contributed by atoms with Crippen LogP contribution in [0.3, 0.4) is 0 Å². The lowest BCUT2D eigenvalue weighted by atomic mass is 10.3. The highest BCUT2D eigenvalue weighted by Gasteiger charge is 2.14. The van der Waals surface area contributed by atoms with E-state index in [4.69, 9.17) is 5.11 Å². The minimum atomic E-state index is -0.851. The maximum Gasteiger partial charge on any atom is 0.346 e. The second-order valence-corrected chi connectivity index (χ2v) is 4.88. The maximum absolute atomic E-state index is 11.0. The third kappa shape index (κ3) is 1.65. The van der Waals surface area contributed by atoms with Crippen LogP contribution in [0.15, 0.2) is 18.2 Å². The Kier molecular flexibility index (Phi) is 2.59. The van der Waals surface area contributed by atoms with Crippen molar-refractivity contribution in [3.05, 3.63) is 40.0 Å². The van der Waals surface area contributed by atoms with Crippen LogP contribution in [0.25, 0.3) is 5.00 Å². The molecule has 4 heteroatoms. The van der Waals surface area contributed by atoms with Crippen molar-refractivity contribution >= 4 is 17.3 Å². The summed E-state index contributed by atoms with van der Waals surface area (Å²) in [7, 11) is 0. The van der Waals surface area contributed by atoms with Gasteiger partial charge in [0, 0.05) is 11.4 Å². The van der Waals surface area contributed by atoms with Crippen LogP contribution in [-0.2, 0) is 0 Å². The van der Waals surface area contributed by atoms with Gasteiger partial charge in [0.05, 0.1) is 0 Å². The fourth-order valence-corrected chi connectivity index (χ4v) is 2.94. The van der Waals surface area contributed by atoms with E-state index in [9.17, 15) is 4.79 Å². The van der Waals surface area contributed by atoms with Gasteiger partial charge in [0.2, 0.25) is 0 Å². The summed E-state index contributed by atoms with van der Waals surface area (Å²) in [6, 6.07) is 5.99. The Labute approximate surface area is 98.0 Å². The van der Waals surface area contributed by atoms with E-state index in [-0.39, 0.29) is 0 Å². The molecule has 0 atom stereocenters. The van der Waals surface area contributed by atoms with Crippen LogP contribution in [0.4, 0.5) is 0 Å². The van der Waals surface area contributed by atoms with Gasteiger partial charge in [0.15, 0.2) is 0 Å². The molecule has 0 unspecified atom stereocenters. The van der Waals surface area contributed by atoms with Crippen LogP contribution in [0.2, 0.25) is 0 Å². The van der Waals surface area contributed by atoms with E-state index >= 15 is 0 Å². The molecule has 0 aliphatic rings. The number of aryl methyl sites for hydroxylation is 3. The van der Waals surface area contributed by atoms with E-state index in [1.807, 2.05) is 39.0 Å². The van der Waals surface area contributed by atoms with Gasteiger partial charge in [0.25, 0.3) is 0 Å². The van der Waals surface area contributed by atoms with Crippen LogP contribution >= 0.6 is 11.3 Å². The third-order valence-electron chi connectivity index (χ3n) is 2.59. The normalized spacial score (nSPS) is 10.7. The lowest BCUT2D eigenvalue weighted by molar-refractivity contribution is 0.0701. The first-order chi connectivity index (χ1) is 7.50. The van der Waals surface area contributed by atoms with Crippen molar-refractivity contribution in [1.82, 2.24) is 4.57 Å². The summed E-state index contributed by atoms with van der Waals surface area (Å²) < 4.78 is 2.07. The molecule has 2 rings (SSSR count). The van der Waals surface area contributed by atoms with Crippen molar-refractivity contribution in [1.29, 1.82) is 0 Å². The molecule has 0 fully saturated rings. The van der Waals surface area contributed by atoms with Gasteiger partial charge in [-0.15, -0.1) is 11.3 Å². The molecule has 16 heavy (non-hydrogen) atoms. The highest BCUT2D eigenvalue weighted by Crippen LogP contribution is 2.27. The second kappa shape index (κ2) is 3.79. The molecule has 0 aliphatic heterocycles. The number of rotatable bonds is 2. The highest BCUT2D eigenvalue weighted by molar-refractivity contribution is 7.16. The van der Waals surface area contributed by atoms with E-state index in [0.717, 1.165) is 22.0 Å². The number of aromatic nitrogens is 1. The summed E-state index contributed by atoms with van der Waals surface area (Å²) in [6.07, 6.45) is 0. The standard InChI is InChI=1S/C12H13NO2S/c1-7-6-10(16-11(7)12(14)15)13-8(2)4-5-9(13)3/h4-6H,1-3H3,(H,14,15). The van der Waals surface area contributed by atoms with E-state index in [2.05, 4.69) is 4.57 Å². The average Bonchev–Trinajstić information content (AvgIpc) is 2.70. The van der Waals surface area contributed by atoms with Crippen LogP contribution in [0.1, 0.15) is 26.6 Å². The lowest BCUT2D eigenvalue weighted by Crippen LogP contribution is -1.95. The summed E-state index contributed by atoms with van der Waals surface area (Å²) >= 11 is 1.32. The van der Waals surface area contributed by atoms with Gasteiger partial charge in [-0.1, -0.05) is 0 Å². The van der Waals surface area contributed by atoms with Crippen molar-refractivity contribution in [2.24, 2.45) is 0 Å². The first-order valence-electron chi connectivity index (χ1n) is 4.99. The topological polar surface area (TPSA) is 42.2 Å². The SMILES string of the molecule is Cc1cc(-n2c(C)ccc2C)sc1C(=O)O. The Bertz CT molecular complexity index is 532. The van der Waals surface area contributed by atoms with Crippen molar-refractivity contribution < 1.29 is 9.90 Å². The lowest BCUT2D eigenvalue weighted by Gasteiger charge is -2.04. The fraction of sp³-hybridized carbons (Fsp3) is 0.250. The smallest absolute Gasteiger partial charge is 0.346 e. The van der Waals surface area contributed by atoms with Gasteiger partial charge in [-0.3, -0.25) is 0 Å². The molecule has 0 saturated carbocycles. The van der Waals surface area contributed by atoms with E-state index in [1.165, 1.54) is 11.3 Å². The molecular formula is C12H13NO2S. The predicted octanol–water partition coefficient (Wildman–Crippen LogP) is 3.16. The molecule has 0 spiro atoms. The van der Waals surface area contributed by atoms with Crippen molar-refractivity contribution in [2.45, 2.75) is 20.8 Å². The maximum atomic E-state index is 11.0. The minimum absolute atomic E-state index is 0.419. The molecule has 0 aromatic carbocycles. The number of aromatic carboxylic acids is 1. The molecule has 0 radical (unpaired) electrons. The van der Waals surface area contributed by atoms with Crippen molar-refractivity contribution in [3.8, 4) is 5.00 Å². The number of carboxylic acid groups (broad SMARTS) is 1. The second-order valence-electron chi connectivity index (χ2n) is 3.85. The van der Waals surface area contributed by atoms with Gasteiger partial charge in [-0.25, -0.2) is 4.79 Å². The van der Waals surface area contributed by atoms with Gasteiger partial charge < -0.3 is 9.67 Å². The van der Waals surface area contributed by atoms with E-state index < -0.39 is 5.97 Å². The van der Waals surface area contributed by atoms with Crippen LogP contribution in [0.5, 0.6) is 0 Å². The molecule has 2 aromatic heterocycles. The number of nitrogens with zero attached hydrogens (tertiary/aromatic N) is 1. The van der Waals surface area contributed by atoms with Gasteiger partial charge in [-0.2, -0.15) is 0 Å². The predicted molar refractivity (Wildman–Crippen MR) is 64.8 cm³/mol. The summed E-state index contributed by atoms with van der Waals surface area (Å²) in [5, 5.41) is 9.98. The van der Waals surface area contributed by atoms with Crippen LogP contribution in [-0.4, -0.2) is 15.6 Å². The molecule has 0 saturated heterocycles. The van der Waals surface area contributed by atoms with Gasteiger partial charge in [0.1, 0.15) is 9.88 Å². The van der Waals surface area contributed by atoms with Gasteiger partial charge in [-0.05, 0) is 44.5 Å². The molecule has 1 N–H and O–H groups in total. The molecule has 2 aromatic rings. The molecular weight excluding hydrogens is 222 g/mol. The molecule has 3 nitrogen and oxygen atoms in total. The quantitative estimate of drug-likeness (QED) is 0.868. The zero-order chi connectivity index (χ0) is 11.9. The Balaban J connectivity index is 2.58. The summed E-state index contributed by atoms with van der Waals surface area (Å²) in [5.41, 5.74) is 3.06. The summed E-state index contributed by atoms with van der Waals surface area (Å²) in [5.74, 6) is -0.851. The summed E-state index contributed by atoms with van der Waals surface area (Å²) in [4.78, 5) is 11.4. The van der Waals surface area contributed by atoms with Crippen molar-refractivity contribution in [2.75, 3.05) is 0 Å². The van der Waals surface area contributed by atoms with Crippen LogP contribution in [0, 0.1) is 20.8 Å². The first-order valence-corrected chi connectivity index (χ1v) is 5.81. The van der Waals surface area contributed by atoms with E-state index in [1.54, 1.807) is 0 Å². The molecule has 0 aliphatic carbocycles. The van der Waals surface area contributed by atoms with Gasteiger partial charge >= 0.3 is 5.97 Å². The number of carbonyl (C=O) groups is 1. The zero-order valence-corrected chi connectivity index (χ0v) is 10.3. The number of thiophene rings is 1. The fourth-order valence-electron chi connectivity index (χ4n) is 1.80. The molecule has 2 heterocycles. The first kappa shape index (κ1) is 11.0. The van der Waals surface area contributed by atoms with Crippen LogP contribution < -0.4 is 0 Å². The Hall–Kier alpha value is -1.55. The number of hydrogen-bond acceptors (Lipinski definition) is 2. The average molecular weight is 235 g/mol. The number of carboxylic acids is 1. The highest BCUT2D eigenvalue weighted by atomic mass is 32.1. The molecule has 0 amide bonds. The Morgan fingerprint density at radius 1 is 1.25 bits per heavy atom. The zero-order valence-electron chi connectivity index (χ0n) is 9.44. The third-order valence-corrected chi connectivity index (χ3v) is 3.80. The Morgan fingerprint density at radius 3 is 2.25 bits per heavy atom. The van der Waals surface area contributed by atoms with E-state index in [0.29, 0.717) is 4.88 Å². The molecule has 0 bridgehead atoms. The summed E-state index contributed by atoms with van der Waals surface area (Å²) in [6.45, 7) is 5.86. The minimum Gasteiger partial charge on any atom is -0.477 e. The van der Waals surface area contributed by atoms with Crippen molar-refractivity contribution in [3.63, 3.8) is 0 Å².